The summed E-state index contributed by atoms with van der Waals surface area (Å²) in [7, 11) is 1.82. The number of hydrogen-bond acceptors (Lipinski definition) is 3. The summed E-state index contributed by atoms with van der Waals surface area (Å²) >= 11 is 0. The smallest absolute Gasteiger partial charge is 0.225 e. The first-order valence-corrected chi connectivity index (χ1v) is 3.51. The minimum absolute atomic E-state index is 0.764. The van der Waals surface area contributed by atoms with Gasteiger partial charge in [0, 0.05) is 13.2 Å². The van der Waals surface area contributed by atoms with Crippen molar-refractivity contribution in [1.29, 1.82) is 0 Å². The predicted molar refractivity (Wildman–Crippen MR) is 45.3 cm³/mol. The van der Waals surface area contributed by atoms with E-state index in [0.29, 0.717) is 0 Å². The lowest BCUT2D eigenvalue weighted by molar-refractivity contribution is 0.914. The molecule has 1 aromatic rings. The fourth-order valence-corrected chi connectivity index (χ4v) is 0.846. The number of hydrogen-bond donors (Lipinski definition) is 1. The van der Waals surface area contributed by atoms with E-state index in [-0.39, 0.29) is 0 Å². The Labute approximate surface area is 65.9 Å². The van der Waals surface area contributed by atoms with Crippen LogP contribution >= 0.6 is 0 Å². The zero-order chi connectivity index (χ0) is 8.27. The molecule has 0 unspecified atom stereocenters. The molecule has 0 radical (unpaired) electrons. The van der Waals surface area contributed by atoms with Crippen LogP contribution in [-0.2, 0) is 0 Å². The highest BCUT2D eigenvalue weighted by Gasteiger charge is 2.00. The Bertz CT molecular complexity index is 261. The van der Waals surface area contributed by atoms with E-state index in [0.717, 1.165) is 11.8 Å². The molecule has 0 aliphatic carbocycles. The number of nitrogens with one attached hydrogen (secondary N) is 1. The van der Waals surface area contributed by atoms with Crippen molar-refractivity contribution in [1.82, 2.24) is 14.8 Å². The molecule has 4 heteroatoms. The molecule has 0 saturated carbocycles. The summed E-state index contributed by atoms with van der Waals surface area (Å²) < 4.78 is 1.70. The van der Waals surface area contributed by atoms with E-state index in [1.165, 1.54) is 0 Å². The monoisotopic (exact) mass is 152 g/mol. The van der Waals surface area contributed by atoms with Crippen molar-refractivity contribution in [3.05, 3.63) is 11.9 Å². The van der Waals surface area contributed by atoms with Crippen molar-refractivity contribution in [3.63, 3.8) is 0 Å². The summed E-state index contributed by atoms with van der Waals surface area (Å²) in [5.74, 6) is 1.54. The Hall–Kier alpha value is -1.32. The van der Waals surface area contributed by atoms with Gasteiger partial charge in [0.2, 0.25) is 5.95 Å². The van der Waals surface area contributed by atoms with Crippen LogP contribution in [0.1, 0.15) is 12.7 Å². The normalized spacial score (nSPS) is 10.8. The van der Waals surface area contributed by atoms with Crippen molar-refractivity contribution in [2.45, 2.75) is 13.8 Å². The van der Waals surface area contributed by atoms with Crippen LogP contribution in [-0.4, -0.2) is 21.8 Å². The molecule has 0 aromatic carbocycles. The quantitative estimate of drug-likeness (QED) is 0.690. The molecule has 0 bridgehead atoms. The van der Waals surface area contributed by atoms with Gasteiger partial charge in [0.15, 0.2) is 0 Å². The number of allylic oxidation sites excluding steroid dienone is 1. The molecule has 1 N–H and O–H groups in total. The lowest BCUT2D eigenvalue weighted by atomic mass is 10.7. The Morgan fingerprint density at radius 2 is 2.27 bits per heavy atom. The minimum Gasteiger partial charge on any atom is -0.357 e. The molecule has 0 fully saturated rings. The zero-order valence-corrected chi connectivity index (χ0v) is 7.00. The maximum atomic E-state index is 4.14. The Morgan fingerprint density at radius 3 is 2.82 bits per heavy atom. The maximum absolute atomic E-state index is 4.14. The van der Waals surface area contributed by atoms with E-state index < -0.39 is 0 Å². The molecule has 1 aromatic heterocycles. The van der Waals surface area contributed by atoms with Crippen LogP contribution in [0.2, 0.25) is 0 Å². The summed E-state index contributed by atoms with van der Waals surface area (Å²) in [5.41, 5.74) is 0. The van der Waals surface area contributed by atoms with Gasteiger partial charge in [-0.3, -0.25) is 0 Å². The van der Waals surface area contributed by atoms with E-state index in [9.17, 15) is 0 Å². The Balaban J connectivity index is 3.01. The van der Waals surface area contributed by atoms with Crippen molar-refractivity contribution in [2.24, 2.45) is 0 Å². The molecule has 0 amide bonds. The SMILES string of the molecule is C/C=C\n1nc(C)nc1NC. The highest BCUT2D eigenvalue weighted by molar-refractivity contribution is 5.35. The second kappa shape index (κ2) is 3.18. The first kappa shape index (κ1) is 7.78. The van der Waals surface area contributed by atoms with E-state index in [2.05, 4.69) is 15.4 Å². The number of rotatable bonds is 2. The van der Waals surface area contributed by atoms with Crippen molar-refractivity contribution in [2.75, 3.05) is 12.4 Å². The van der Waals surface area contributed by atoms with Gasteiger partial charge in [-0.2, -0.15) is 10.1 Å². The topological polar surface area (TPSA) is 42.7 Å². The van der Waals surface area contributed by atoms with Crippen LogP contribution in [0.3, 0.4) is 0 Å². The van der Waals surface area contributed by atoms with Gasteiger partial charge in [-0.15, -0.1) is 0 Å². The molecule has 11 heavy (non-hydrogen) atoms. The van der Waals surface area contributed by atoms with Crippen LogP contribution < -0.4 is 5.32 Å². The molecule has 0 spiro atoms. The lowest BCUT2D eigenvalue weighted by Crippen LogP contribution is -1.97. The number of nitrogens with zero attached hydrogens (tertiary/aromatic N) is 3. The summed E-state index contributed by atoms with van der Waals surface area (Å²) in [6.45, 7) is 3.80. The van der Waals surface area contributed by atoms with Gasteiger partial charge < -0.3 is 5.32 Å². The van der Waals surface area contributed by atoms with E-state index in [1.807, 2.05) is 33.2 Å². The Morgan fingerprint density at radius 1 is 1.55 bits per heavy atom. The first-order valence-electron chi connectivity index (χ1n) is 3.51. The van der Waals surface area contributed by atoms with Crippen LogP contribution in [0.4, 0.5) is 5.95 Å². The van der Waals surface area contributed by atoms with E-state index in [1.54, 1.807) is 4.68 Å². The molecule has 0 saturated heterocycles. The molecule has 4 nitrogen and oxygen atoms in total. The van der Waals surface area contributed by atoms with Crippen LogP contribution in [0.5, 0.6) is 0 Å². The predicted octanol–water partition coefficient (Wildman–Crippen LogP) is 1.12. The fraction of sp³-hybridized carbons (Fsp3) is 0.429. The molecular formula is C7H12N4. The van der Waals surface area contributed by atoms with Gasteiger partial charge >= 0.3 is 0 Å². The molecular weight excluding hydrogens is 140 g/mol. The van der Waals surface area contributed by atoms with Gasteiger partial charge in [0.05, 0.1) is 0 Å². The van der Waals surface area contributed by atoms with Crippen molar-refractivity contribution in [3.8, 4) is 0 Å². The van der Waals surface area contributed by atoms with E-state index >= 15 is 0 Å². The molecule has 60 valence electrons. The lowest BCUT2D eigenvalue weighted by Gasteiger charge is -1.95. The summed E-state index contributed by atoms with van der Waals surface area (Å²) in [6.07, 6.45) is 3.76. The molecule has 0 aliphatic heterocycles. The molecule has 1 heterocycles. The number of aromatic nitrogens is 3. The van der Waals surface area contributed by atoms with Crippen LogP contribution in [0.15, 0.2) is 6.08 Å². The van der Waals surface area contributed by atoms with Crippen molar-refractivity contribution < 1.29 is 0 Å². The maximum Gasteiger partial charge on any atom is 0.225 e. The highest BCUT2D eigenvalue weighted by atomic mass is 15.4. The van der Waals surface area contributed by atoms with Crippen molar-refractivity contribution >= 4 is 12.1 Å². The molecule has 0 aliphatic rings. The van der Waals surface area contributed by atoms with Crippen LogP contribution in [0, 0.1) is 6.92 Å². The highest BCUT2D eigenvalue weighted by Crippen LogP contribution is 2.02. The zero-order valence-electron chi connectivity index (χ0n) is 7.00. The average Bonchev–Trinajstić information content (AvgIpc) is 2.32. The fourth-order valence-electron chi connectivity index (χ4n) is 0.846. The van der Waals surface area contributed by atoms with Gasteiger partial charge in [-0.05, 0) is 13.8 Å². The third-order valence-electron chi connectivity index (χ3n) is 1.25. The summed E-state index contributed by atoms with van der Waals surface area (Å²) in [5, 5.41) is 7.07. The third-order valence-corrected chi connectivity index (χ3v) is 1.25. The summed E-state index contributed by atoms with van der Waals surface area (Å²) in [4.78, 5) is 4.14. The Kier molecular flexibility index (Phi) is 2.25. The minimum atomic E-state index is 0.764. The second-order valence-electron chi connectivity index (χ2n) is 2.16. The summed E-state index contributed by atoms with van der Waals surface area (Å²) in [6, 6.07) is 0. The van der Waals surface area contributed by atoms with Gasteiger partial charge in [-0.25, -0.2) is 4.68 Å². The molecule has 1 rings (SSSR count). The van der Waals surface area contributed by atoms with E-state index in [4.69, 9.17) is 0 Å². The first-order chi connectivity index (χ1) is 5.27. The number of anilines is 1. The largest absolute Gasteiger partial charge is 0.357 e. The standard InChI is InChI=1S/C7H12N4/c1-4-5-11-7(8-3)9-6(2)10-11/h4-5H,1-3H3,(H,8,9,10)/b5-4-. The van der Waals surface area contributed by atoms with Crippen LogP contribution in [0.25, 0.3) is 6.20 Å². The van der Waals surface area contributed by atoms with Gasteiger partial charge in [0.25, 0.3) is 0 Å². The second-order valence-corrected chi connectivity index (χ2v) is 2.16. The molecule has 0 atom stereocenters. The number of aryl methyl sites for hydroxylation is 1. The van der Waals surface area contributed by atoms with Gasteiger partial charge in [0.1, 0.15) is 5.82 Å². The third kappa shape index (κ3) is 1.58. The van der Waals surface area contributed by atoms with Gasteiger partial charge in [-0.1, -0.05) is 6.08 Å². The average molecular weight is 152 g/mol.